The Kier molecular flexibility index (Phi) is 5.76. The Balaban J connectivity index is 2.38. The predicted molar refractivity (Wildman–Crippen MR) is 107 cm³/mol. The minimum absolute atomic E-state index is 0.0956. The maximum atomic E-state index is 13.2. The molecule has 0 spiro atoms. The lowest BCUT2D eigenvalue weighted by atomic mass is 10.1. The Hall–Kier alpha value is -3.49. The number of rotatable bonds is 7. The molecule has 0 bridgehead atoms. The molecule has 9 nitrogen and oxygen atoms in total. The molecule has 0 fully saturated rings. The van der Waals surface area contributed by atoms with Crippen LogP contribution in [-0.4, -0.2) is 37.6 Å². The largest absolute Gasteiger partial charge is 0.465 e. The number of ether oxygens (including phenoxy) is 1. The number of hydrogen-bond donors (Lipinski definition) is 1. The predicted octanol–water partition coefficient (Wildman–Crippen LogP) is 1.44. The number of fused-ring (bicyclic) bond motifs is 1. The van der Waals surface area contributed by atoms with Crippen molar-refractivity contribution in [3.63, 3.8) is 0 Å². The van der Waals surface area contributed by atoms with Crippen LogP contribution in [0.1, 0.15) is 37.1 Å². The van der Waals surface area contributed by atoms with Crippen molar-refractivity contribution in [2.24, 2.45) is 11.7 Å². The number of carbonyl (C=O) groups excluding carboxylic acids is 2. The summed E-state index contributed by atoms with van der Waals surface area (Å²) in [6.07, 6.45) is 0.502. The summed E-state index contributed by atoms with van der Waals surface area (Å²) in [5, 5.41) is 0. The zero-order valence-electron chi connectivity index (χ0n) is 16.6. The molecule has 0 aliphatic rings. The van der Waals surface area contributed by atoms with Crippen molar-refractivity contribution in [3.8, 4) is 5.69 Å². The smallest absolute Gasteiger partial charge is 0.335 e. The first kappa shape index (κ1) is 20.2. The van der Waals surface area contributed by atoms with E-state index in [1.54, 1.807) is 31.2 Å². The molecule has 0 saturated carbocycles. The molecule has 0 radical (unpaired) electrons. The monoisotopic (exact) mass is 397 g/mol. The Morgan fingerprint density at radius 1 is 1.17 bits per heavy atom. The average molecular weight is 397 g/mol. The van der Waals surface area contributed by atoms with Gasteiger partial charge in [0, 0.05) is 6.42 Å². The van der Waals surface area contributed by atoms with Crippen LogP contribution >= 0.6 is 0 Å². The van der Waals surface area contributed by atoms with Gasteiger partial charge in [-0.05, 0) is 25.0 Å². The number of esters is 1. The summed E-state index contributed by atoms with van der Waals surface area (Å²) < 4.78 is 7.47. The molecule has 1 aromatic carbocycles. The zero-order chi connectivity index (χ0) is 21.1. The highest BCUT2D eigenvalue weighted by atomic mass is 16.5. The minimum atomic E-state index is -0.801. The van der Waals surface area contributed by atoms with Crippen molar-refractivity contribution in [1.82, 2.24) is 19.1 Å². The van der Waals surface area contributed by atoms with Crippen LogP contribution in [0.2, 0.25) is 0 Å². The number of primary amides is 1. The van der Waals surface area contributed by atoms with Crippen LogP contribution in [0.25, 0.3) is 16.9 Å². The zero-order valence-corrected chi connectivity index (χ0v) is 16.6. The van der Waals surface area contributed by atoms with E-state index >= 15 is 0 Å². The Bertz CT molecular complexity index is 1120. The van der Waals surface area contributed by atoms with E-state index in [0.29, 0.717) is 17.9 Å². The molecule has 0 atom stereocenters. The highest BCUT2D eigenvalue weighted by Crippen LogP contribution is 2.20. The number of nitrogens with zero attached hydrogens (tertiary/aromatic N) is 4. The minimum Gasteiger partial charge on any atom is -0.465 e. The fourth-order valence-corrected chi connectivity index (χ4v) is 3.12. The van der Waals surface area contributed by atoms with Gasteiger partial charge in [-0.25, -0.2) is 19.3 Å². The number of carbonyl (C=O) groups is 2. The topological polar surface area (TPSA) is 122 Å². The maximum Gasteiger partial charge on any atom is 0.335 e. The number of amides is 1. The summed E-state index contributed by atoms with van der Waals surface area (Å²) in [7, 11) is 0. The van der Waals surface area contributed by atoms with Crippen LogP contribution in [0.3, 0.4) is 0 Å². The third-order valence-corrected chi connectivity index (χ3v) is 4.25. The standard InChI is InChI=1S/C20H23N5O4/c1-4-29-15(26)11-24-17-16(18(21)27)22-14(10-12(2)3)23-19(17)25(20(24)28)13-8-6-5-7-9-13/h5-9,12H,4,10-11H2,1-3H3,(H2,21,27). The van der Waals surface area contributed by atoms with E-state index in [4.69, 9.17) is 10.5 Å². The first-order chi connectivity index (χ1) is 13.8. The lowest BCUT2D eigenvalue weighted by Gasteiger charge is -2.08. The fourth-order valence-electron chi connectivity index (χ4n) is 3.12. The van der Waals surface area contributed by atoms with Gasteiger partial charge in [0.25, 0.3) is 5.91 Å². The van der Waals surface area contributed by atoms with Gasteiger partial charge in [0.15, 0.2) is 11.3 Å². The molecule has 1 amide bonds. The summed E-state index contributed by atoms with van der Waals surface area (Å²) in [5.41, 5.74) is 5.84. The lowest BCUT2D eigenvalue weighted by Crippen LogP contribution is -2.28. The maximum absolute atomic E-state index is 13.2. The molecule has 29 heavy (non-hydrogen) atoms. The molecule has 2 heterocycles. The molecule has 3 aromatic rings. The molecule has 2 N–H and O–H groups in total. The second-order valence-corrected chi connectivity index (χ2v) is 6.97. The second-order valence-electron chi connectivity index (χ2n) is 6.97. The Labute approximate surface area is 167 Å². The van der Waals surface area contributed by atoms with Crippen LogP contribution in [0, 0.1) is 5.92 Å². The van der Waals surface area contributed by atoms with E-state index in [9.17, 15) is 14.4 Å². The Morgan fingerprint density at radius 2 is 1.86 bits per heavy atom. The van der Waals surface area contributed by atoms with Crippen LogP contribution in [0.4, 0.5) is 0 Å². The van der Waals surface area contributed by atoms with Crippen LogP contribution < -0.4 is 11.4 Å². The molecule has 0 aliphatic heterocycles. The normalized spacial score (nSPS) is 11.2. The third kappa shape index (κ3) is 4.03. The van der Waals surface area contributed by atoms with E-state index in [2.05, 4.69) is 9.97 Å². The van der Waals surface area contributed by atoms with Crippen molar-refractivity contribution in [2.75, 3.05) is 6.61 Å². The third-order valence-electron chi connectivity index (χ3n) is 4.25. The molecular weight excluding hydrogens is 374 g/mol. The molecule has 152 valence electrons. The van der Waals surface area contributed by atoms with Crippen molar-refractivity contribution in [3.05, 3.63) is 52.3 Å². The van der Waals surface area contributed by atoms with E-state index < -0.39 is 17.6 Å². The van der Waals surface area contributed by atoms with Crippen molar-refractivity contribution in [1.29, 1.82) is 0 Å². The fraction of sp³-hybridized carbons (Fsp3) is 0.350. The number of aromatic nitrogens is 4. The van der Waals surface area contributed by atoms with Gasteiger partial charge in [0.1, 0.15) is 17.9 Å². The number of benzene rings is 1. The number of imidazole rings is 1. The van der Waals surface area contributed by atoms with E-state index in [1.165, 1.54) is 4.57 Å². The summed E-state index contributed by atoms with van der Waals surface area (Å²) in [6.45, 7) is 5.45. The molecule has 3 rings (SSSR count). The highest BCUT2D eigenvalue weighted by molar-refractivity contribution is 6.02. The first-order valence-electron chi connectivity index (χ1n) is 9.36. The lowest BCUT2D eigenvalue weighted by molar-refractivity contribution is -0.143. The molecule has 0 unspecified atom stereocenters. The van der Waals surface area contributed by atoms with Crippen LogP contribution in [-0.2, 0) is 22.5 Å². The van der Waals surface area contributed by atoms with Gasteiger partial charge < -0.3 is 10.5 Å². The van der Waals surface area contributed by atoms with E-state index in [-0.39, 0.29) is 35.9 Å². The summed E-state index contributed by atoms with van der Waals surface area (Å²) >= 11 is 0. The Morgan fingerprint density at radius 3 is 2.45 bits per heavy atom. The van der Waals surface area contributed by atoms with Gasteiger partial charge in [0.05, 0.1) is 12.3 Å². The summed E-state index contributed by atoms with van der Waals surface area (Å²) in [4.78, 5) is 46.3. The number of para-hydroxylation sites is 1. The quantitative estimate of drug-likeness (QED) is 0.602. The van der Waals surface area contributed by atoms with Crippen molar-refractivity contribution < 1.29 is 14.3 Å². The van der Waals surface area contributed by atoms with Crippen molar-refractivity contribution in [2.45, 2.75) is 33.7 Å². The van der Waals surface area contributed by atoms with Crippen molar-refractivity contribution >= 4 is 23.0 Å². The first-order valence-corrected chi connectivity index (χ1v) is 9.36. The number of nitrogens with two attached hydrogens (primary N) is 1. The van der Waals surface area contributed by atoms with Gasteiger partial charge in [-0.2, -0.15) is 0 Å². The highest BCUT2D eigenvalue weighted by Gasteiger charge is 2.25. The van der Waals surface area contributed by atoms with Gasteiger partial charge in [-0.1, -0.05) is 32.0 Å². The molecular formula is C20H23N5O4. The van der Waals surface area contributed by atoms with Crippen LogP contribution in [0.5, 0.6) is 0 Å². The molecule has 9 heteroatoms. The molecule has 0 aliphatic carbocycles. The summed E-state index contributed by atoms with van der Waals surface area (Å²) in [6, 6.07) is 8.86. The second kappa shape index (κ2) is 8.26. The number of hydrogen-bond acceptors (Lipinski definition) is 6. The molecule has 2 aromatic heterocycles. The molecule has 0 saturated heterocycles. The van der Waals surface area contributed by atoms with Crippen LogP contribution in [0.15, 0.2) is 35.1 Å². The SMILES string of the molecule is CCOC(=O)Cn1c(=O)n(-c2ccccc2)c2nc(CC(C)C)nc(C(N)=O)c21. The van der Waals surface area contributed by atoms with Gasteiger partial charge in [0.2, 0.25) is 0 Å². The van der Waals surface area contributed by atoms with E-state index in [0.717, 1.165) is 4.57 Å². The summed E-state index contributed by atoms with van der Waals surface area (Å²) in [5.74, 6) is -0.778. The average Bonchev–Trinajstić information content (AvgIpc) is 2.93. The van der Waals surface area contributed by atoms with E-state index in [1.807, 2.05) is 19.9 Å². The van der Waals surface area contributed by atoms with Gasteiger partial charge in [-0.15, -0.1) is 0 Å². The van der Waals surface area contributed by atoms with Gasteiger partial charge in [-0.3, -0.25) is 14.2 Å². The van der Waals surface area contributed by atoms with Gasteiger partial charge >= 0.3 is 11.7 Å².